The minimum atomic E-state index is -4.41. The van der Waals surface area contributed by atoms with Crippen molar-refractivity contribution in [3.05, 3.63) is 65.2 Å². The zero-order valence-corrected chi connectivity index (χ0v) is 14.0. The number of rotatable bonds is 4. The Bertz CT molecular complexity index is 794. The van der Waals surface area contributed by atoms with Gasteiger partial charge in [0.05, 0.1) is 11.8 Å². The van der Waals surface area contributed by atoms with Crippen molar-refractivity contribution in [3.8, 4) is 0 Å². The summed E-state index contributed by atoms with van der Waals surface area (Å²) in [6.45, 7) is 2.04. The molecule has 26 heavy (non-hydrogen) atoms. The summed E-state index contributed by atoms with van der Waals surface area (Å²) < 4.78 is 38.0. The highest BCUT2D eigenvalue weighted by atomic mass is 19.4. The zero-order valence-electron chi connectivity index (χ0n) is 14.0. The van der Waals surface area contributed by atoms with Gasteiger partial charge in [-0.2, -0.15) is 18.3 Å². The maximum Gasteiger partial charge on any atom is 0.416 e. The Hall–Kier alpha value is -2.83. The molecule has 1 aliphatic heterocycles. The number of anilines is 1. The summed E-state index contributed by atoms with van der Waals surface area (Å²) in [5.74, 6) is -0.416. The fourth-order valence-electron chi connectivity index (χ4n) is 2.82. The van der Waals surface area contributed by atoms with E-state index in [0.717, 1.165) is 30.9 Å². The first-order chi connectivity index (χ1) is 12.4. The van der Waals surface area contributed by atoms with Crippen molar-refractivity contribution in [2.75, 3.05) is 18.0 Å². The maximum atomic E-state index is 12.7. The summed E-state index contributed by atoms with van der Waals surface area (Å²) in [6.07, 6.45) is -0.880. The minimum Gasteiger partial charge on any atom is -0.372 e. The first kappa shape index (κ1) is 18.0. The van der Waals surface area contributed by atoms with E-state index >= 15 is 0 Å². The van der Waals surface area contributed by atoms with Gasteiger partial charge in [-0.25, -0.2) is 5.43 Å². The SMILES string of the molecule is O=C(N/N=C\c1cccc(C(F)(F)F)c1)c1ccc(N2CCCC2)cc1. The largest absolute Gasteiger partial charge is 0.416 e. The molecule has 1 amide bonds. The first-order valence-electron chi connectivity index (χ1n) is 8.29. The van der Waals surface area contributed by atoms with Gasteiger partial charge in [-0.15, -0.1) is 0 Å². The molecule has 136 valence electrons. The molecule has 7 heteroatoms. The highest BCUT2D eigenvalue weighted by Crippen LogP contribution is 2.29. The summed E-state index contributed by atoms with van der Waals surface area (Å²) >= 11 is 0. The summed E-state index contributed by atoms with van der Waals surface area (Å²) in [5.41, 5.74) is 3.34. The quantitative estimate of drug-likeness (QED) is 0.659. The molecule has 3 rings (SSSR count). The van der Waals surface area contributed by atoms with Crippen molar-refractivity contribution in [3.63, 3.8) is 0 Å². The number of alkyl halides is 3. The lowest BCUT2D eigenvalue weighted by Crippen LogP contribution is -2.19. The lowest BCUT2D eigenvalue weighted by atomic mass is 10.1. The Morgan fingerprint density at radius 1 is 1.08 bits per heavy atom. The van der Waals surface area contributed by atoms with Crippen LogP contribution in [0.15, 0.2) is 53.6 Å². The van der Waals surface area contributed by atoms with Gasteiger partial charge in [0.2, 0.25) is 0 Å². The Morgan fingerprint density at radius 3 is 2.42 bits per heavy atom. The van der Waals surface area contributed by atoms with E-state index in [1.54, 1.807) is 12.1 Å². The summed E-state index contributed by atoms with van der Waals surface area (Å²) in [7, 11) is 0. The summed E-state index contributed by atoms with van der Waals surface area (Å²) in [4.78, 5) is 14.3. The van der Waals surface area contributed by atoms with Crippen molar-refractivity contribution in [1.82, 2.24) is 5.43 Å². The van der Waals surface area contributed by atoms with Gasteiger partial charge in [0.25, 0.3) is 5.91 Å². The molecule has 0 radical (unpaired) electrons. The average Bonchev–Trinajstić information content (AvgIpc) is 3.16. The molecule has 0 atom stereocenters. The van der Waals surface area contributed by atoms with E-state index in [4.69, 9.17) is 0 Å². The lowest BCUT2D eigenvalue weighted by Gasteiger charge is -2.17. The number of hydrazone groups is 1. The van der Waals surface area contributed by atoms with Crippen molar-refractivity contribution in [2.24, 2.45) is 5.10 Å². The van der Waals surface area contributed by atoms with Gasteiger partial charge >= 0.3 is 6.18 Å². The van der Waals surface area contributed by atoms with E-state index in [9.17, 15) is 18.0 Å². The average molecular weight is 361 g/mol. The van der Waals surface area contributed by atoms with Crippen LogP contribution in [-0.4, -0.2) is 25.2 Å². The summed E-state index contributed by atoms with van der Waals surface area (Å²) in [5, 5.41) is 3.74. The van der Waals surface area contributed by atoms with Crippen LogP contribution >= 0.6 is 0 Å². The number of nitrogens with zero attached hydrogens (tertiary/aromatic N) is 2. The molecule has 1 N–H and O–H groups in total. The smallest absolute Gasteiger partial charge is 0.372 e. The second-order valence-electron chi connectivity index (χ2n) is 6.06. The number of hydrogen-bond donors (Lipinski definition) is 1. The number of amides is 1. The van der Waals surface area contributed by atoms with Crippen molar-refractivity contribution in [1.29, 1.82) is 0 Å². The fraction of sp³-hybridized carbons (Fsp3) is 0.263. The van der Waals surface area contributed by atoms with Crippen molar-refractivity contribution in [2.45, 2.75) is 19.0 Å². The molecule has 0 aliphatic carbocycles. The van der Waals surface area contributed by atoms with Gasteiger partial charge in [0.1, 0.15) is 0 Å². The van der Waals surface area contributed by atoms with Gasteiger partial charge in [-0.05, 0) is 54.8 Å². The highest BCUT2D eigenvalue weighted by molar-refractivity contribution is 5.95. The third-order valence-electron chi connectivity index (χ3n) is 4.19. The number of halogens is 3. The van der Waals surface area contributed by atoms with Crippen molar-refractivity contribution >= 4 is 17.8 Å². The predicted octanol–water partition coefficient (Wildman–Crippen LogP) is 4.07. The number of carbonyl (C=O) groups is 1. The molecule has 1 saturated heterocycles. The third kappa shape index (κ3) is 4.41. The maximum absolute atomic E-state index is 12.7. The van der Waals surface area contributed by atoms with Crippen LogP contribution in [0.2, 0.25) is 0 Å². The Kier molecular flexibility index (Phi) is 5.25. The number of benzene rings is 2. The Balaban J connectivity index is 1.60. The van der Waals surface area contributed by atoms with Crippen LogP contribution in [0.5, 0.6) is 0 Å². The number of nitrogens with one attached hydrogen (secondary N) is 1. The molecule has 2 aromatic rings. The van der Waals surface area contributed by atoms with E-state index in [0.29, 0.717) is 5.56 Å². The topological polar surface area (TPSA) is 44.7 Å². The lowest BCUT2D eigenvalue weighted by molar-refractivity contribution is -0.137. The predicted molar refractivity (Wildman–Crippen MR) is 94.4 cm³/mol. The zero-order chi connectivity index (χ0) is 18.6. The second kappa shape index (κ2) is 7.59. The van der Waals surface area contributed by atoms with E-state index in [1.165, 1.54) is 31.2 Å². The van der Waals surface area contributed by atoms with Gasteiger partial charge in [0.15, 0.2) is 0 Å². The fourth-order valence-corrected chi connectivity index (χ4v) is 2.82. The van der Waals surface area contributed by atoms with Crippen LogP contribution in [0, 0.1) is 0 Å². The molecular formula is C19H18F3N3O. The van der Waals surface area contributed by atoms with E-state index in [2.05, 4.69) is 15.4 Å². The monoisotopic (exact) mass is 361 g/mol. The molecule has 2 aromatic carbocycles. The highest BCUT2D eigenvalue weighted by Gasteiger charge is 2.30. The molecule has 0 spiro atoms. The van der Waals surface area contributed by atoms with E-state index in [-0.39, 0.29) is 5.56 Å². The van der Waals surface area contributed by atoms with Crippen LogP contribution in [0.4, 0.5) is 18.9 Å². The van der Waals surface area contributed by atoms with Crippen LogP contribution in [0.1, 0.15) is 34.3 Å². The number of carbonyl (C=O) groups excluding carboxylic acids is 1. The first-order valence-corrected chi connectivity index (χ1v) is 8.29. The number of hydrogen-bond acceptors (Lipinski definition) is 3. The van der Waals surface area contributed by atoms with Gasteiger partial charge < -0.3 is 4.90 Å². The van der Waals surface area contributed by atoms with Gasteiger partial charge in [-0.3, -0.25) is 4.79 Å². The Labute approximate surface area is 149 Å². The Morgan fingerprint density at radius 2 is 1.77 bits per heavy atom. The molecule has 0 unspecified atom stereocenters. The molecule has 1 heterocycles. The van der Waals surface area contributed by atoms with Crippen molar-refractivity contribution < 1.29 is 18.0 Å². The molecule has 0 aromatic heterocycles. The van der Waals surface area contributed by atoms with Gasteiger partial charge in [-0.1, -0.05) is 12.1 Å². The normalized spacial score (nSPS) is 14.8. The molecule has 1 fully saturated rings. The van der Waals surface area contributed by atoms with Crippen LogP contribution in [-0.2, 0) is 6.18 Å². The minimum absolute atomic E-state index is 0.254. The second-order valence-corrected chi connectivity index (χ2v) is 6.06. The third-order valence-corrected chi connectivity index (χ3v) is 4.19. The van der Waals surface area contributed by atoms with Crippen LogP contribution in [0.3, 0.4) is 0 Å². The van der Waals surface area contributed by atoms with E-state index < -0.39 is 17.6 Å². The van der Waals surface area contributed by atoms with Crippen LogP contribution in [0.25, 0.3) is 0 Å². The van der Waals surface area contributed by atoms with Crippen LogP contribution < -0.4 is 10.3 Å². The molecule has 4 nitrogen and oxygen atoms in total. The molecule has 0 bridgehead atoms. The summed E-state index contributed by atoms with van der Waals surface area (Å²) in [6, 6.07) is 11.9. The standard InChI is InChI=1S/C19H18F3N3O/c20-19(21,22)16-5-3-4-14(12-16)13-23-24-18(26)15-6-8-17(9-7-15)25-10-1-2-11-25/h3-9,12-13H,1-2,10-11H2,(H,24,26)/b23-13-. The van der Waals surface area contributed by atoms with E-state index in [1.807, 2.05) is 12.1 Å². The molecule has 1 aliphatic rings. The van der Waals surface area contributed by atoms with Gasteiger partial charge in [0, 0.05) is 24.3 Å². The molecular weight excluding hydrogens is 343 g/mol. The molecule has 0 saturated carbocycles.